The number of furan rings is 1. The lowest BCUT2D eigenvalue weighted by Crippen LogP contribution is -2.02. The lowest BCUT2D eigenvalue weighted by atomic mass is 10.0. The summed E-state index contributed by atoms with van der Waals surface area (Å²) < 4.78 is 6.04. The minimum Gasteiger partial charge on any atom is -0.456 e. The van der Waals surface area contributed by atoms with Gasteiger partial charge in [0.05, 0.1) is 11.6 Å². The van der Waals surface area contributed by atoms with Crippen LogP contribution < -0.4 is 10.6 Å². The Morgan fingerprint density at radius 2 is 1.64 bits per heavy atom. The molecular weight excluding hydrogens is 410 g/mol. The van der Waals surface area contributed by atoms with E-state index >= 15 is 0 Å². The molecule has 0 amide bonds. The quantitative estimate of drug-likeness (QED) is 0.316. The van der Waals surface area contributed by atoms with Gasteiger partial charge in [0.1, 0.15) is 17.2 Å². The first-order chi connectivity index (χ1) is 16.1. The summed E-state index contributed by atoms with van der Waals surface area (Å²) in [5, 5.41) is 16.6. The number of benzene rings is 3. The molecule has 6 nitrogen and oxygen atoms in total. The number of nitrogens with one attached hydrogen (secondary N) is 2. The van der Waals surface area contributed by atoms with Crippen LogP contribution in [0.2, 0.25) is 0 Å². The van der Waals surface area contributed by atoms with E-state index < -0.39 is 0 Å². The van der Waals surface area contributed by atoms with Gasteiger partial charge in [0.15, 0.2) is 0 Å². The number of nitrogens with zero attached hydrogens (tertiary/aromatic N) is 3. The zero-order valence-electron chi connectivity index (χ0n) is 18.3. The van der Waals surface area contributed by atoms with Gasteiger partial charge in [-0.1, -0.05) is 18.2 Å². The van der Waals surface area contributed by atoms with Crippen LogP contribution in [0, 0.1) is 25.2 Å². The molecule has 0 atom stereocenters. The molecule has 0 radical (unpaired) electrons. The zero-order chi connectivity index (χ0) is 22.8. The van der Waals surface area contributed by atoms with E-state index in [1.165, 1.54) is 0 Å². The van der Waals surface area contributed by atoms with Gasteiger partial charge in [0, 0.05) is 28.5 Å². The van der Waals surface area contributed by atoms with Crippen molar-refractivity contribution in [2.75, 3.05) is 10.6 Å². The first-order valence-corrected chi connectivity index (χ1v) is 10.6. The number of aromatic nitrogens is 2. The van der Waals surface area contributed by atoms with Gasteiger partial charge in [0.25, 0.3) is 0 Å². The van der Waals surface area contributed by atoms with Crippen molar-refractivity contribution >= 4 is 34.1 Å². The molecule has 5 aromatic rings. The molecule has 0 bridgehead atoms. The van der Waals surface area contributed by atoms with Crippen molar-refractivity contribution in [1.82, 2.24) is 9.97 Å². The van der Waals surface area contributed by atoms with Crippen LogP contribution in [0.15, 0.2) is 83.4 Å². The van der Waals surface area contributed by atoms with Crippen molar-refractivity contribution in [2.45, 2.75) is 13.8 Å². The summed E-state index contributed by atoms with van der Waals surface area (Å²) >= 11 is 0. The Hall–Kier alpha value is -4.63. The molecule has 5 rings (SSSR count). The van der Waals surface area contributed by atoms with E-state index in [4.69, 9.17) is 9.68 Å². The second-order valence-corrected chi connectivity index (χ2v) is 7.84. The van der Waals surface area contributed by atoms with Gasteiger partial charge in [-0.2, -0.15) is 10.2 Å². The van der Waals surface area contributed by atoms with Gasteiger partial charge in [-0.3, -0.25) is 0 Å². The molecule has 33 heavy (non-hydrogen) atoms. The Balaban J connectivity index is 1.39. The molecule has 2 heterocycles. The van der Waals surface area contributed by atoms with E-state index in [0.717, 1.165) is 44.8 Å². The lowest BCUT2D eigenvalue weighted by molar-refractivity contribution is 0.631. The van der Waals surface area contributed by atoms with Crippen LogP contribution in [-0.4, -0.2) is 9.97 Å². The highest BCUT2D eigenvalue weighted by Crippen LogP contribution is 2.33. The average Bonchev–Trinajstić information content (AvgIpc) is 3.27. The maximum absolute atomic E-state index is 8.95. The van der Waals surface area contributed by atoms with Gasteiger partial charge in [-0.25, -0.2) is 4.98 Å². The lowest BCUT2D eigenvalue weighted by Gasteiger charge is -2.14. The molecule has 0 spiro atoms. The molecule has 0 saturated carbocycles. The van der Waals surface area contributed by atoms with Crippen LogP contribution in [-0.2, 0) is 0 Å². The Kier molecular flexibility index (Phi) is 5.21. The average molecular weight is 431 g/mol. The number of hydrogen-bond acceptors (Lipinski definition) is 6. The van der Waals surface area contributed by atoms with Crippen molar-refractivity contribution in [2.24, 2.45) is 0 Å². The molecule has 0 aliphatic carbocycles. The first-order valence-electron chi connectivity index (χ1n) is 10.6. The SMILES string of the molecule is Cc1cc(-c2cc3ccccc3o2)cc(C)c1Nc1ccnc(Nc2ccc(C#N)cc2)n1. The maximum atomic E-state index is 8.95. The summed E-state index contributed by atoms with van der Waals surface area (Å²) in [5.74, 6) is 2.01. The summed E-state index contributed by atoms with van der Waals surface area (Å²) in [6.07, 6.45) is 1.70. The summed E-state index contributed by atoms with van der Waals surface area (Å²) in [7, 11) is 0. The Labute approximate surface area is 191 Å². The van der Waals surface area contributed by atoms with Crippen molar-refractivity contribution in [3.05, 3.63) is 95.7 Å². The molecule has 2 aromatic heterocycles. The third-order valence-corrected chi connectivity index (χ3v) is 5.42. The molecule has 2 N–H and O–H groups in total. The van der Waals surface area contributed by atoms with Gasteiger partial charge in [-0.15, -0.1) is 0 Å². The Morgan fingerprint density at radius 1 is 0.879 bits per heavy atom. The summed E-state index contributed by atoms with van der Waals surface area (Å²) in [6.45, 7) is 4.14. The van der Waals surface area contributed by atoms with Gasteiger partial charge < -0.3 is 15.1 Å². The number of aryl methyl sites for hydroxylation is 2. The fourth-order valence-corrected chi connectivity index (χ4v) is 3.80. The van der Waals surface area contributed by atoms with Crippen LogP contribution in [0.1, 0.15) is 16.7 Å². The number of fused-ring (bicyclic) bond motifs is 1. The van der Waals surface area contributed by atoms with E-state index in [9.17, 15) is 0 Å². The summed E-state index contributed by atoms with van der Waals surface area (Å²) in [5.41, 5.74) is 6.52. The normalized spacial score (nSPS) is 10.7. The van der Waals surface area contributed by atoms with E-state index in [2.05, 4.69) is 64.8 Å². The molecule has 0 aliphatic rings. The summed E-state index contributed by atoms with van der Waals surface area (Å²) in [4.78, 5) is 8.88. The zero-order valence-corrected chi connectivity index (χ0v) is 18.3. The largest absolute Gasteiger partial charge is 0.456 e. The second kappa shape index (κ2) is 8.48. The fraction of sp³-hybridized carbons (Fsp3) is 0.0741. The van der Waals surface area contributed by atoms with Gasteiger partial charge in [0.2, 0.25) is 5.95 Å². The van der Waals surface area contributed by atoms with Crippen molar-refractivity contribution in [3.63, 3.8) is 0 Å². The molecule has 160 valence electrons. The van der Waals surface area contributed by atoms with E-state index in [0.29, 0.717) is 17.3 Å². The van der Waals surface area contributed by atoms with Crippen LogP contribution in [0.3, 0.4) is 0 Å². The molecule has 0 fully saturated rings. The topological polar surface area (TPSA) is 86.8 Å². The van der Waals surface area contributed by atoms with E-state index in [1.807, 2.05) is 36.4 Å². The third-order valence-electron chi connectivity index (χ3n) is 5.42. The molecular formula is C27H21N5O. The highest BCUT2D eigenvalue weighted by molar-refractivity contribution is 5.83. The fourth-order valence-electron chi connectivity index (χ4n) is 3.80. The molecule has 0 saturated heterocycles. The molecule has 0 aliphatic heterocycles. The standard InChI is InChI=1S/C27H21N5O/c1-17-13-21(24-15-20-5-3-4-6-23(20)33-24)14-18(2)26(17)31-25-11-12-29-27(32-25)30-22-9-7-19(16-28)8-10-22/h3-15H,1-2H3,(H2,29,30,31,32). The molecule has 6 heteroatoms. The van der Waals surface area contributed by atoms with Crippen molar-refractivity contribution in [3.8, 4) is 17.4 Å². The minimum atomic E-state index is 0.471. The van der Waals surface area contributed by atoms with Crippen LogP contribution in [0.25, 0.3) is 22.3 Å². The number of para-hydroxylation sites is 1. The molecule has 0 unspecified atom stereocenters. The third kappa shape index (κ3) is 4.25. The number of rotatable bonds is 5. The second-order valence-electron chi connectivity index (χ2n) is 7.84. The predicted molar refractivity (Wildman–Crippen MR) is 131 cm³/mol. The van der Waals surface area contributed by atoms with Crippen LogP contribution in [0.5, 0.6) is 0 Å². The highest BCUT2D eigenvalue weighted by Gasteiger charge is 2.12. The minimum absolute atomic E-state index is 0.471. The predicted octanol–water partition coefficient (Wildman–Crippen LogP) is 6.87. The Morgan fingerprint density at radius 3 is 2.36 bits per heavy atom. The monoisotopic (exact) mass is 431 g/mol. The van der Waals surface area contributed by atoms with Crippen molar-refractivity contribution in [1.29, 1.82) is 5.26 Å². The number of anilines is 4. The smallest absolute Gasteiger partial charge is 0.229 e. The summed E-state index contributed by atoms with van der Waals surface area (Å²) in [6, 6.07) is 25.4. The highest BCUT2D eigenvalue weighted by atomic mass is 16.3. The van der Waals surface area contributed by atoms with Gasteiger partial charge in [-0.05, 0) is 79.6 Å². The first kappa shape index (κ1) is 20.3. The van der Waals surface area contributed by atoms with E-state index in [-0.39, 0.29) is 0 Å². The van der Waals surface area contributed by atoms with Crippen LogP contribution in [0.4, 0.5) is 23.1 Å². The van der Waals surface area contributed by atoms with E-state index in [1.54, 1.807) is 18.3 Å². The molecule has 3 aromatic carbocycles. The maximum Gasteiger partial charge on any atom is 0.229 e. The van der Waals surface area contributed by atoms with Gasteiger partial charge >= 0.3 is 0 Å². The number of hydrogen-bond donors (Lipinski definition) is 2. The van der Waals surface area contributed by atoms with Crippen LogP contribution >= 0.6 is 0 Å². The Bertz CT molecular complexity index is 1440. The van der Waals surface area contributed by atoms with Crippen molar-refractivity contribution < 1.29 is 4.42 Å². The number of nitriles is 1.